The van der Waals surface area contributed by atoms with E-state index in [0.29, 0.717) is 23.6 Å². The third-order valence-corrected chi connectivity index (χ3v) is 4.54. The van der Waals surface area contributed by atoms with Crippen molar-refractivity contribution in [3.63, 3.8) is 0 Å². The predicted molar refractivity (Wildman–Crippen MR) is 114 cm³/mol. The Morgan fingerprint density at radius 2 is 2.00 bits per heavy atom. The molecule has 3 heterocycles. The quantitative estimate of drug-likeness (QED) is 0.567. The van der Waals surface area contributed by atoms with Crippen molar-refractivity contribution in [3.8, 4) is 17.3 Å². The minimum absolute atomic E-state index is 0. The second kappa shape index (κ2) is 7.60. The average molecular weight is 434 g/mol. The molecular weight excluding hydrogens is 410 g/mol. The van der Waals surface area contributed by atoms with Crippen molar-refractivity contribution in [1.82, 2.24) is 29.5 Å². The molecule has 30 heavy (non-hydrogen) atoms. The highest BCUT2D eigenvalue weighted by molar-refractivity contribution is 5.96. The van der Waals surface area contributed by atoms with Crippen LogP contribution < -0.4 is 16.6 Å². The summed E-state index contributed by atoms with van der Waals surface area (Å²) in [5.41, 5.74) is 5.69. The molecule has 0 aliphatic heterocycles. The maximum Gasteiger partial charge on any atom is 0.270 e. The van der Waals surface area contributed by atoms with Gasteiger partial charge in [0.2, 0.25) is 5.88 Å². The molecule has 0 spiro atoms. The van der Waals surface area contributed by atoms with Gasteiger partial charge in [-0.3, -0.25) is 19.1 Å². The molecule has 160 valence electrons. The first-order chi connectivity index (χ1) is 13.6. The molecule has 1 aliphatic carbocycles. The van der Waals surface area contributed by atoms with Crippen molar-refractivity contribution in [2.45, 2.75) is 46.2 Å². The molecule has 0 bridgehead atoms. The van der Waals surface area contributed by atoms with Crippen LogP contribution >= 0.6 is 12.4 Å². The van der Waals surface area contributed by atoms with Crippen LogP contribution in [0, 0.1) is 5.41 Å². The van der Waals surface area contributed by atoms with Crippen LogP contribution in [0.3, 0.4) is 0 Å². The minimum Gasteiger partial charge on any atom is -0.492 e. The molecule has 0 aromatic carbocycles. The van der Waals surface area contributed by atoms with E-state index in [-0.39, 0.29) is 35.2 Å². The fraction of sp³-hybridized carbons (Fsp3) is 0.421. The van der Waals surface area contributed by atoms with E-state index in [1.165, 1.54) is 21.5 Å². The Morgan fingerprint density at radius 3 is 2.60 bits per heavy atom. The van der Waals surface area contributed by atoms with E-state index in [9.17, 15) is 14.7 Å². The zero-order valence-electron chi connectivity index (χ0n) is 16.9. The van der Waals surface area contributed by atoms with Crippen molar-refractivity contribution >= 4 is 29.8 Å². The number of carbonyl (C=O) groups excluding carboxylic acids is 1. The summed E-state index contributed by atoms with van der Waals surface area (Å²) in [6, 6.07) is 1.67. The molecule has 1 amide bonds. The molecule has 1 saturated carbocycles. The van der Waals surface area contributed by atoms with Crippen LogP contribution in [0.25, 0.3) is 17.0 Å². The van der Waals surface area contributed by atoms with E-state index >= 15 is 0 Å². The van der Waals surface area contributed by atoms with Crippen molar-refractivity contribution < 1.29 is 9.90 Å². The number of nitrogens with two attached hydrogens (primary N) is 1. The number of nitrogen functional groups attached to an aromatic ring is 1. The van der Waals surface area contributed by atoms with Gasteiger partial charge in [0.25, 0.3) is 11.5 Å². The Labute approximate surface area is 178 Å². The molecule has 0 radical (unpaired) electrons. The van der Waals surface area contributed by atoms with E-state index < -0.39 is 17.3 Å². The molecule has 4 rings (SSSR count). The molecule has 11 heteroatoms. The lowest BCUT2D eigenvalue weighted by Crippen LogP contribution is -2.37. The Morgan fingerprint density at radius 1 is 1.30 bits per heavy atom. The number of hydrogen-bond acceptors (Lipinski definition) is 7. The molecule has 4 N–H and O–H groups in total. The lowest BCUT2D eigenvalue weighted by Gasteiger charge is -2.21. The van der Waals surface area contributed by atoms with Gasteiger partial charge in [0.05, 0.1) is 12.4 Å². The Balaban J connectivity index is 0.00000256. The lowest BCUT2D eigenvalue weighted by molar-refractivity contribution is 0.0944. The molecule has 0 atom stereocenters. The molecule has 3 aromatic rings. The smallest absolute Gasteiger partial charge is 0.270 e. The van der Waals surface area contributed by atoms with Crippen LogP contribution in [-0.4, -0.2) is 41.2 Å². The van der Waals surface area contributed by atoms with Gasteiger partial charge < -0.3 is 16.2 Å². The van der Waals surface area contributed by atoms with Gasteiger partial charge >= 0.3 is 0 Å². The number of aromatic nitrogens is 5. The summed E-state index contributed by atoms with van der Waals surface area (Å²) in [5.74, 6) is -0.878. The highest BCUT2D eigenvalue weighted by atomic mass is 35.5. The Bertz CT molecular complexity index is 1180. The van der Waals surface area contributed by atoms with Crippen LogP contribution in [0.1, 0.15) is 44.0 Å². The summed E-state index contributed by atoms with van der Waals surface area (Å²) in [6.45, 7) is 6.27. The van der Waals surface area contributed by atoms with Crippen molar-refractivity contribution in [3.05, 3.63) is 34.4 Å². The van der Waals surface area contributed by atoms with Crippen LogP contribution in [0.15, 0.2) is 23.3 Å². The molecule has 0 unspecified atom stereocenters. The van der Waals surface area contributed by atoms with Gasteiger partial charge in [-0.25, -0.2) is 4.98 Å². The van der Waals surface area contributed by atoms with Crippen LogP contribution in [0.2, 0.25) is 0 Å². The van der Waals surface area contributed by atoms with Gasteiger partial charge in [-0.15, -0.1) is 12.4 Å². The maximum atomic E-state index is 13.2. The average Bonchev–Trinajstić information content (AvgIpc) is 3.31. The number of carbonyl (C=O) groups is 1. The van der Waals surface area contributed by atoms with Crippen LogP contribution in [0.5, 0.6) is 5.88 Å². The number of nitrogens with zero attached hydrogens (tertiary/aromatic N) is 5. The van der Waals surface area contributed by atoms with Gasteiger partial charge in [-0.2, -0.15) is 9.61 Å². The number of amides is 1. The number of fused-ring (bicyclic) bond motifs is 1. The standard InChI is InChI=1S/C19H23N7O3.ClH/c1-19(2,3)9-25-14-6-11(12-7-21-8-13(20)23-12)24-26(14)18(29)15(17(25)28)16(27)22-10-4-5-10;/h6-8,10,29H,4-5,9H2,1-3H3,(H2,20,23)(H,22,27);1H. The number of nitrogens with one attached hydrogen (secondary N) is 1. The fourth-order valence-electron chi connectivity index (χ4n) is 3.10. The van der Waals surface area contributed by atoms with E-state index in [2.05, 4.69) is 20.4 Å². The van der Waals surface area contributed by atoms with Crippen molar-refractivity contribution in [1.29, 1.82) is 0 Å². The normalized spacial score (nSPS) is 13.8. The third kappa shape index (κ3) is 4.09. The predicted octanol–water partition coefficient (Wildman–Crippen LogP) is 1.60. The van der Waals surface area contributed by atoms with E-state index in [1.807, 2.05) is 20.8 Å². The fourth-order valence-corrected chi connectivity index (χ4v) is 3.10. The summed E-state index contributed by atoms with van der Waals surface area (Å²) < 4.78 is 2.65. The summed E-state index contributed by atoms with van der Waals surface area (Å²) in [5, 5.41) is 17.9. The second-order valence-corrected chi connectivity index (χ2v) is 8.53. The van der Waals surface area contributed by atoms with E-state index in [1.54, 1.807) is 6.07 Å². The number of rotatable bonds is 4. The van der Waals surface area contributed by atoms with E-state index in [4.69, 9.17) is 5.73 Å². The minimum atomic E-state index is -0.597. The molecule has 3 aromatic heterocycles. The molecule has 0 saturated heterocycles. The third-order valence-electron chi connectivity index (χ3n) is 4.54. The summed E-state index contributed by atoms with van der Waals surface area (Å²) >= 11 is 0. The monoisotopic (exact) mass is 433 g/mol. The van der Waals surface area contributed by atoms with Gasteiger partial charge in [0.15, 0.2) is 5.56 Å². The Hall–Kier alpha value is -3.14. The van der Waals surface area contributed by atoms with Gasteiger partial charge in [0.1, 0.15) is 22.9 Å². The molecular formula is C19H24ClN7O3. The number of aromatic hydroxyl groups is 1. The van der Waals surface area contributed by atoms with Crippen molar-refractivity contribution in [2.75, 3.05) is 5.73 Å². The zero-order valence-corrected chi connectivity index (χ0v) is 17.7. The summed E-state index contributed by atoms with van der Waals surface area (Å²) in [7, 11) is 0. The second-order valence-electron chi connectivity index (χ2n) is 8.53. The highest BCUT2D eigenvalue weighted by Gasteiger charge is 2.30. The van der Waals surface area contributed by atoms with Gasteiger partial charge in [-0.1, -0.05) is 20.8 Å². The SMILES string of the molecule is CC(C)(C)Cn1c(=O)c(C(=O)NC2CC2)c(O)n2nc(-c3cncc(N)n3)cc12.Cl. The molecule has 1 fully saturated rings. The summed E-state index contributed by atoms with van der Waals surface area (Å²) in [4.78, 5) is 34.0. The number of hydrogen-bond donors (Lipinski definition) is 3. The Kier molecular flexibility index (Phi) is 5.46. The van der Waals surface area contributed by atoms with Crippen LogP contribution in [-0.2, 0) is 6.54 Å². The summed E-state index contributed by atoms with van der Waals surface area (Å²) in [6.07, 6.45) is 4.63. The molecule has 1 aliphatic rings. The van der Waals surface area contributed by atoms with Gasteiger partial charge in [0, 0.05) is 18.7 Å². The van der Waals surface area contributed by atoms with Gasteiger partial charge in [-0.05, 0) is 18.3 Å². The van der Waals surface area contributed by atoms with E-state index in [0.717, 1.165) is 12.8 Å². The number of halogens is 1. The molecule has 10 nitrogen and oxygen atoms in total. The van der Waals surface area contributed by atoms with Crippen molar-refractivity contribution in [2.24, 2.45) is 5.41 Å². The highest BCUT2D eigenvalue weighted by Crippen LogP contribution is 2.26. The first-order valence-corrected chi connectivity index (χ1v) is 9.38. The number of anilines is 1. The first kappa shape index (κ1) is 21.6. The largest absolute Gasteiger partial charge is 0.492 e. The first-order valence-electron chi connectivity index (χ1n) is 9.38. The maximum absolute atomic E-state index is 13.2. The lowest BCUT2D eigenvalue weighted by atomic mass is 9.97. The topological polar surface area (TPSA) is 140 Å². The van der Waals surface area contributed by atoms with Crippen LogP contribution in [0.4, 0.5) is 5.82 Å². The zero-order chi connectivity index (χ0) is 20.9.